The number of hydrogen-bond donors (Lipinski definition) is 0. The lowest BCUT2D eigenvalue weighted by molar-refractivity contribution is 0.590. The maximum Gasteiger partial charge on any atom is 0.0553 e. The van der Waals surface area contributed by atoms with Crippen molar-refractivity contribution >= 4 is 97.2 Å². The molecular formula is C68H45N. The van der Waals surface area contributed by atoms with Crippen LogP contribution in [0.3, 0.4) is 0 Å². The van der Waals surface area contributed by atoms with Crippen LogP contribution in [-0.4, -0.2) is 4.57 Å². The highest BCUT2D eigenvalue weighted by atomic mass is 15.0. The van der Waals surface area contributed by atoms with Crippen LogP contribution in [0.2, 0.25) is 0 Å². The summed E-state index contributed by atoms with van der Waals surface area (Å²) in [6, 6.07) is 82.8. The van der Waals surface area contributed by atoms with Gasteiger partial charge < -0.3 is 4.57 Å². The van der Waals surface area contributed by atoms with Crippen molar-refractivity contribution in [2.75, 3.05) is 0 Å². The van der Waals surface area contributed by atoms with Crippen molar-refractivity contribution in [3.8, 4) is 50.2 Å². The van der Waals surface area contributed by atoms with Crippen LogP contribution in [0.5, 0.6) is 0 Å². The van der Waals surface area contributed by atoms with Crippen molar-refractivity contribution in [3.05, 3.63) is 224 Å². The van der Waals surface area contributed by atoms with E-state index in [1.165, 1.54) is 153 Å². The molecule has 0 bridgehead atoms. The maximum atomic E-state index is 2.52. The summed E-state index contributed by atoms with van der Waals surface area (Å²) in [6.45, 7) is 6.87. The van der Waals surface area contributed by atoms with Crippen molar-refractivity contribution in [1.82, 2.24) is 4.57 Å². The molecule has 322 valence electrons. The number of benzene rings is 14. The highest BCUT2D eigenvalue weighted by molar-refractivity contribution is 6.28. The Labute approximate surface area is 400 Å². The van der Waals surface area contributed by atoms with Gasteiger partial charge in [-0.25, -0.2) is 0 Å². The smallest absolute Gasteiger partial charge is 0.0553 e. The van der Waals surface area contributed by atoms with Gasteiger partial charge in [0.15, 0.2) is 0 Å². The van der Waals surface area contributed by atoms with Crippen molar-refractivity contribution < 1.29 is 0 Å². The van der Waals surface area contributed by atoms with Crippen molar-refractivity contribution in [3.63, 3.8) is 0 Å². The lowest BCUT2D eigenvalue weighted by Gasteiger charge is -2.19. The predicted molar refractivity (Wildman–Crippen MR) is 297 cm³/mol. The zero-order valence-electron chi connectivity index (χ0n) is 38.7. The van der Waals surface area contributed by atoms with Gasteiger partial charge >= 0.3 is 0 Å². The van der Waals surface area contributed by atoms with Gasteiger partial charge in [-0.15, -0.1) is 0 Å². The molecule has 1 nitrogen and oxygen atoms in total. The Bertz CT molecular complexity index is 4230. The topological polar surface area (TPSA) is 4.93 Å². The number of aromatic nitrogens is 1. The predicted octanol–water partition coefficient (Wildman–Crippen LogP) is 19.1. The van der Waals surface area contributed by atoms with Crippen LogP contribution in [0.25, 0.3) is 147 Å². The molecule has 15 aromatic rings. The van der Waals surface area contributed by atoms with Crippen LogP contribution < -0.4 is 0 Å². The van der Waals surface area contributed by atoms with Gasteiger partial charge in [-0.1, -0.05) is 203 Å². The molecule has 69 heavy (non-hydrogen) atoms. The molecule has 0 unspecified atom stereocenters. The first-order valence-corrected chi connectivity index (χ1v) is 24.3. The van der Waals surface area contributed by atoms with E-state index in [9.17, 15) is 0 Å². The van der Waals surface area contributed by atoms with Gasteiger partial charge in [0.1, 0.15) is 0 Å². The second-order valence-corrected chi connectivity index (χ2v) is 20.5. The second-order valence-electron chi connectivity index (χ2n) is 20.5. The van der Waals surface area contributed by atoms with Crippen LogP contribution in [0.1, 0.15) is 26.3 Å². The van der Waals surface area contributed by atoms with Gasteiger partial charge in [0.05, 0.1) is 11.0 Å². The van der Waals surface area contributed by atoms with Gasteiger partial charge in [0.25, 0.3) is 0 Å². The lowest BCUT2D eigenvalue weighted by atomic mass is 9.87. The fourth-order valence-corrected chi connectivity index (χ4v) is 12.1. The zero-order chi connectivity index (χ0) is 45.7. The van der Waals surface area contributed by atoms with Crippen LogP contribution in [0.15, 0.2) is 218 Å². The fraction of sp³-hybridized carbons (Fsp3) is 0.0588. The molecule has 0 radical (unpaired) electrons. The van der Waals surface area contributed by atoms with E-state index in [2.05, 4.69) is 244 Å². The molecule has 15 rings (SSSR count). The Morgan fingerprint density at radius 3 is 1.06 bits per heavy atom. The molecule has 0 saturated heterocycles. The van der Waals surface area contributed by atoms with E-state index < -0.39 is 0 Å². The van der Waals surface area contributed by atoms with Crippen LogP contribution in [0, 0.1) is 0 Å². The highest BCUT2D eigenvalue weighted by Gasteiger charge is 2.22. The molecular weight excluding hydrogens is 831 g/mol. The third kappa shape index (κ3) is 5.65. The van der Waals surface area contributed by atoms with Crippen LogP contribution in [0.4, 0.5) is 0 Å². The van der Waals surface area contributed by atoms with E-state index in [4.69, 9.17) is 0 Å². The third-order valence-electron chi connectivity index (χ3n) is 15.6. The summed E-state index contributed by atoms with van der Waals surface area (Å²) in [5.41, 5.74) is 14.8. The van der Waals surface area contributed by atoms with E-state index in [1.807, 2.05) is 0 Å². The Morgan fingerprint density at radius 1 is 0.275 bits per heavy atom. The first-order valence-electron chi connectivity index (χ1n) is 24.3. The lowest BCUT2D eigenvalue weighted by Crippen LogP contribution is -2.10. The van der Waals surface area contributed by atoms with Crippen LogP contribution >= 0.6 is 0 Å². The van der Waals surface area contributed by atoms with Crippen molar-refractivity contribution in [1.29, 1.82) is 0 Å². The summed E-state index contributed by atoms with van der Waals surface area (Å²) >= 11 is 0. The molecule has 1 heterocycles. The molecule has 0 aliphatic rings. The molecule has 0 aliphatic heterocycles. The summed E-state index contributed by atoms with van der Waals surface area (Å²) in [4.78, 5) is 0. The second kappa shape index (κ2) is 14.0. The summed E-state index contributed by atoms with van der Waals surface area (Å²) < 4.78 is 2.52. The van der Waals surface area contributed by atoms with Gasteiger partial charge in [-0.3, -0.25) is 0 Å². The average Bonchev–Trinajstić information content (AvgIpc) is 3.73. The Hall–Kier alpha value is -8.52. The first kappa shape index (κ1) is 38.6. The monoisotopic (exact) mass is 875 g/mol. The molecule has 1 aromatic heterocycles. The molecule has 0 N–H and O–H groups in total. The molecule has 0 atom stereocenters. The van der Waals surface area contributed by atoms with E-state index >= 15 is 0 Å². The molecule has 0 saturated carbocycles. The molecule has 0 fully saturated rings. The summed E-state index contributed by atoms with van der Waals surface area (Å²) in [7, 11) is 0. The Balaban J connectivity index is 0.863. The summed E-state index contributed by atoms with van der Waals surface area (Å²) in [6.07, 6.45) is 0. The van der Waals surface area contributed by atoms with Crippen molar-refractivity contribution in [2.45, 2.75) is 26.2 Å². The van der Waals surface area contributed by atoms with E-state index in [0.717, 1.165) is 0 Å². The zero-order valence-corrected chi connectivity index (χ0v) is 38.7. The number of rotatable bonds is 5. The maximum absolute atomic E-state index is 2.52. The fourth-order valence-electron chi connectivity index (χ4n) is 12.1. The third-order valence-corrected chi connectivity index (χ3v) is 15.6. The number of hydrogen-bond acceptors (Lipinski definition) is 0. The molecule has 1 heteroatoms. The standard InChI is InChI=1S/C68H45N/c1-68(2,3)54-28-30-55(31-29-54)69-60-38-52(40-10-14-42(15-11-40)56-32-24-48-20-18-44-6-4-8-46-26-34-58(56)64(48)62(44)46)36-50-22-23-51-37-53(39-61(69)67(51)66(50)60)41-12-16-43(17-13-41)57-33-25-49-21-19-45-7-5-9-47-27-35-59(57)65(49)63(45)47/h4-39H,1-3H3. The van der Waals surface area contributed by atoms with Gasteiger partial charge in [0, 0.05) is 16.5 Å². The highest BCUT2D eigenvalue weighted by Crippen LogP contribution is 2.46. The summed E-state index contributed by atoms with van der Waals surface area (Å²) in [5, 5.41) is 20.9. The minimum Gasteiger partial charge on any atom is -0.309 e. The largest absolute Gasteiger partial charge is 0.309 e. The minimum atomic E-state index is 0.0559. The number of nitrogens with zero attached hydrogens (tertiary/aromatic N) is 1. The van der Waals surface area contributed by atoms with Gasteiger partial charge in [0.2, 0.25) is 0 Å². The molecule has 0 aliphatic carbocycles. The first-order chi connectivity index (χ1) is 33.8. The molecule has 14 aromatic carbocycles. The molecule has 0 amide bonds. The van der Waals surface area contributed by atoms with E-state index in [0.29, 0.717) is 0 Å². The van der Waals surface area contributed by atoms with Crippen LogP contribution in [-0.2, 0) is 5.41 Å². The average molecular weight is 876 g/mol. The summed E-state index contributed by atoms with van der Waals surface area (Å²) in [5.74, 6) is 0. The van der Waals surface area contributed by atoms with Crippen molar-refractivity contribution in [2.24, 2.45) is 0 Å². The quantitative estimate of drug-likeness (QED) is 0.152. The minimum absolute atomic E-state index is 0.0559. The Kier molecular flexibility index (Phi) is 7.83. The normalized spacial score (nSPS) is 12.6. The van der Waals surface area contributed by atoms with Gasteiger partial charge in [-0.05, 0) is 167 Å². The van der Waals surface area contributed by atoms with Gasteiger partial charge in [-0.2, -0.15) is 0 Å². The SMILES string of the molecule is CC(C)(C)c1ccc(-n2c3cc(-c4ccc(-c5ccc6ccc7cccc8ccc5c6c78)cc4)cc4ccc5cc(-c6ccc(-c7ccc8ccc9cccc%10ccc7c8c9%10)cc6)cc2c5c43)cc1. The van der Waals surface area contributed by atoms with E-state index in [-0.39, 0.29) is 5.41 Å². The Morgan fingerprint density at radius 2 is 0.638 bits per heavy atom. The van der Waals surface area contributed by atoms with E-state index in [1.54, 1.807) is 0 Å². The molecule has 0 spiro atoms.